The summed E-state index contributed by atoms with van der Waals surface area (Å²) in [6.07, 6.45) is 0.130. The number of benzene rings is 2. The highest BCUT2D eigenvalue weighted by Crippen LogP contribution is 2.46. The molecule has 42 heavy (non-hydrogen) atoms. The largest absolute Gasteiger partial charge is 0.493 e. The number of ether oxygens (including phenoxy) is 3. The first-order valence-corrected chi connectivity index (χ1v) is 14.6. The second-order valence-electron chi connectivity index (χ2n) is 10.1. The fraction of sp³-hybridized carbons (Fsp3) is 0.355. The Morgan fingerprint density at radius 1 is 0.976 bits per heavy atom. The molecule has 3 aliphatic rings. The van der Waals surface area contributed by atoms with Crippen LogP contribution in [0.15, 0.2) is 75.9 Å². The van der Waals surface area contributed by atoms with E-state index in [1.54, 1.807) is 30.8 Å². The van der Waals surface area contributed by atoms with Gasteiger partial charge in [0.2, 0.25) is 11.8 Å². The Bertz CT molecular complexity index is 1460. The fourth-order valence-corrected chi connectivity index (χ4v) is 6.27. The third-order valence-electron chi connectivity index (χ3n) is 7.56. The van der Waals surface area contributed by atoms with Gasteiger partial charge in [-0.1, -0.05) is 48.2 Å². The lowest BCUT2D eigenvalue weighted by Gasteiger charge is -2.37. The summed E-state index contributed by atoms with van der Waals surface area (Å²) in [7, 11) is 2.92. The van der Waals surface area contributed by atoms with E-state index in [9.17, 15) is 14.4 Å². The van der Waals surface area contributed by atoms with E-state index in [-0.39, 0.29) is 18.2 Å². The normalized spacial score (nSPS) is 18.3. The second-order valence-corrected chi connectivity index (χ2v) is 11.0. The Kier molecular flexibility index (Phi) is 8.86. The van der Waals surface area contributed by atoms with Crippen molar-refractivity contribution in [1.82, 2.24) is 14.7 Å². The van der Waals surface area contributed by atoms with E-state index in [1.165, 1.54) is 18.9 Å². The smallest absolute Gasteiger partial charge is 0.338 e. The molecule has 0 N–H and O–H groups in total. The van der Waals surface area contributed by atoms with Crippen LogP contribution in [0, 0.1) is 0 Å². The highest BCUT2D eigenvalue weighted by Gasteiger charge is 2.41. The molecule has 0 radical (unpaired) electrons. The first-order valence-electron chi connectivity index (χ1n) is 13.7. The number of carbonyl (C=O) groups is 3. The van der Waals surface area contributed by atoms with Crippen LogP contribution < -0.4 is 9.47 Å². The molecule has 10 nitrogen and oxygen atoms in total. The van der Waals surface area contributed by atoms with Crippen molar-refractivity contribution >= 4 is 34.7 Å². The third-order valence-corrected chi connectivity index (χ3v) is 8.45. The second kappa shape index (κ2) is 12.7. The van der Waals surface area contributed by atoms with Crippen LogP contribution in [0.25, 0.3) is 0 Å². The fourth-order valence-electron chi connectivity index (χ4n) is 5.30. The van der Waals surface area contributed by atoms with Crippen LogP contribution in [0.1, 0.15) is 37.4 Å². The summed E-state index contributed by atoms with van der Waals surface area (Å²) >= 11 is 1.42. The molecule has 0 aliphatic carbocycles. The molecule has 0 aromatic heterocycles. The molecule has 220 valence electrons. The molecular weight excluding hydrogens is 556 g/mol. The van der Waals surface area contributed by atoms with Gasteiger partial charge < -0.3 is 28.9 Å². The summed E-state index contributed by atoms with van der Waals surface area (Å²) in [4.78, 5) is 48.4. The number of aliphatic imine (C=N–C) groups is 1. The molecule has 11 heteroatoms. The van der Waals surface area contributed by atoms with Crippen LogP contribution in [-0.2, 0) is 25.7 Å². The molecule has 2 aromatic carbocycles. The minimum Gasteiger partial charge on any atom is -0.493 e. The number of nitrogens with zero attached hydrogens (tertiary/aromatic N) is 4. The molecule has 3 aliphatic heterocycles. The average Bonchev–Trinajstić information content (AvgIpc) is 3.40. The molecular formula is C31H34N4O6S. The van der Waals surface area contributed by atoms with Gasteiger partial charge in [-0.15, -0.1) is 0 Å². The van der Waals surface area contributed by atoms with E-state index in [4.69, 9.17) is 19.2 Å². The zero-order chi connectivity index (χ0) is 29.8. The molecule has 2 amide bonds. The molecule has 1 saturated heterocycles. The zero-order valence-electron chi connectivity index (χ0n) is 24.2. The first-order chi connectivity index (χ1) is 20.3. The maximum atomic E-state index is 13.4. The molecule has 0 bridgehead atoms. The van der Waals surface area contributed by atoms with E-state index >= 15 is 0 Å². The number of amidine groups is 1. The summed E-state index contributed by atoms with van der Waals surface area (Å²) < 4.78 is 17.0. The maximum Gasteiger partial charge on any atom is 0.338 e. The van der Waals surface area contributed by atoms with Crippen LogP contribution in [-0.4, -0.2) is 78.0 Å². The number of hydrogen-bond donors (Lipinski definition) is 0. The van der Waals surface area contributed by atoms with Crippen molar-refractivity contribution in [3.63, 3.8) is 0 Å². The minimum absolute atomic E-state index is 0.0124. The zero-order valence-corrected chi connectivity index (χ0v) is 25.0. The van der Waals surface area contributed by atoms with Gasteiger partial charge in [-0.25, -0.2) is 9.79 Å². The van der Waals surface area contributed by atoms with Crippen molar-refractivity contribution in [3.05, 3.63) is 82.0 Å². The van der Waals surface area contributed by atoms with Gasteiger partial charge >= 0.3 is 5.97 Å². The number of hydrogen-bond acceptors (Lipinski definition) is 9. The van der Waals surface area contributed by atoms with Gasteiger partial charge in [0.1, 0.15) is 6.61 Å². The first kappa shape index (κ1) is 29.2. The van der Waals surface area contributed by atoms with Crippen LogP contribution in [0.5, 0.6) is 11.5 Å². The Morgan fingerprint density at radius 3 is 2.36 bits per heavy atom. The number of piperazine rings is 1. The molecule has 1 atom stereocenters. The van der Waals surface area contributed by atoms with Crippen molar-refractivity contribution in [1.29, 1.82) is 0 Å². The number of methoxy groups -OCH3 is 2. The Morgan fingerprint density at radius 2 is 1.69 bits per heavy atom. The van der Waals surface area contributed by atoms with Crippen molar-refractivity contribution in [2.75, 3.05) is 40.4 Å². The number of thioether (sulfide) groups is 1. The van der Waals surface area contributed by atoms with E-state index in [0.717, 1.165) is 16.8 Å². The summed E-state index contributed by atoms with van der Waals surface area (Å²) in [5.41, 5.74) is 3.47. The number of carbonyl (C=O) groups excluding carboxylic acids is 3. The standard InChI is InChI=1S/C31H34N4O6S/c1-20-28(30(38)40-4)29(23-10-11-25(26(16-23)39-3)41-18-22-8-6-5-7-9-22)35-24(19-42-31(35)32-20)17-27(37)34-14-12-33(13-15-34)21(2)36/h5-11,16,19,29H,12-15,17-18H2,1-4H3. The monoisotopic (exact) mass is 590 g/mol. The van der Waals surface area contributed by atoms with Crippen LogP contribution in [0.2, 0.25) is 0 Å². The molecule has 0 spiro atoms. The minimum atomic E-state index is -0.592. The lowest BCUT2D eigenvalue weighted by atomic mass is 9.93. The van der Waals surface area contributed by atoms with Crippen molar-refractivity contribution < 1.29 is 28.6 Å². The number of amides is 2. The molecule has 2 aromatic rings. The average molecular weight is 591 g/mol. The van der Waals surface area contributed by atoms with Gasteiger partial charge in [-0.3, -0.25) is 9.59 Å². The molecule has 5 rings (SSSR count). The molecule has 0 saturated carbocycles. The number of fused-ring (bicyclic) bond motifs is 1. The Hall–Kier alpha value is -4.25. The van der Waals surface area contributed by atoms with Gasteiger partial charge in [-0.2, -0.15) is 0 Å². The van der Waals surface area contributed by atoms with Gasteiger partial charge in [-0.05, 0) is 35.6 Å². The highest BCUT2D eigenvalue weighted by molar-refractivity contribution is 8.16. The van der Waals surface area contributed by atoms with E-state index in [2.05, 4.69) is 0 Å². The van der Waals surface area contributed by atoms with Crippen LogP contribution in [0.3, 0.4) is 0 Å². The summed E-state index contributed by atoms with van der Waals surface area (Å²) in [6, 6.07) is 14.8. The van der Waals surface area contributed by atoms with Crippen molar-refractivity contribution in [3.8, 4) is 11.5 Å². The topological polar surface area (TPSA) is 101 Å². The van der Waals surface area contributed by atoms with E-state index in [0.29, 0.717) is 60.7 Å². The van der Waals surface area contributed by atoms with Crippen molar-refractivity contribution in [2.45, 2.75) is 32.9 Å². The molecule has 1 unspecified atom stereocenters. The quantitative estimate of drug-likeness (QED) is 0.424. The lowest BCUT2D eigenvalue weighted by Crippen LogP contribution is -2.50. The maximum absolute atomic E-state index is 13.4. The van der Waals surface area contributed by atoms with Gasteiger partial charge in [0.25, 0.3) is 0 Å². The van der Waals surface area contributed by atoms with Gasteiger partial charge in [0.05, 0.1) is 38.0 Å². The van der Waals surface area contributed by atoms with E-state index in [1.807, 2.05) is 58.8 Å². The summed E-state index contributed by atoms with van der Waals surface area (Å²) in [5.74, 6) is 0.566. The van der Waals surface area contributed by atoms with Crippen LogP contribution >= 0.6 is 11.8 Å². The third kappa shape index (κ3) is 6.01. The highest BCUT2D eigenvalue weighted by atomic mass is 32.2. The van der Waals surface area contributed by atoms with Crippen molar-refractivity contribution in [2.24, 2.45) is 4.99 Å². The summed E-state index contributed by atoms with van der Waals surface area (Å²) in [5, 5.41) is 2.59. The molecule has 1 fully saturated rings. The predicted octanol–water partition coefficient (Wildman–Crippen LogP) is 4.10. The number of allylic oxidation sites excluding steroid dienone is 1. The Labute approximate surface area is 249 Å². The number of esters is 1. The van der Waals surface area contributed by atoms with Crippen LogP contribution in [0.4, 0.5) is 0 Å². The summed E-state index contributed by atoms with van der Waals surface area (Å²) in [6.45, 7) is 5.70. The predicted molar refractivity (Wildman–Crippen MR) is 160 cm³/mol. The Balaban J connectivity index is 1.42. The van der Waals surface area contributed by atoms with Gasteiger partial charge in [0.15, 0.2) is 16.7 Å². The lowest BCUT2D eigenvalue weighted by molar-refractivity contribution is -0.138. The van der Waals surface area contributed by atoms with E-state index < -0.39 is 12.0 Å². The number of rotatable bonds is 8. The SMILES string of the molecule is COC(=O)C1=C(C)N=C2SC=C(CC(=O)N3CCN(C(C)=O)CC3)N2C1c1ccc(OCc2ccccc2)c(OC)c1. The van der Waals surface area contributed by atoms with Gasteiger partial charge in [0, 0.05) is 38.8 Å². The molecule has 3 heterocycles.